The van der Waals surface area contributed by atoms with Gasteiger partial charge in [0.2, 0.25) is 5.28 Å². The summed E-state index contributed by atoms with van der Waals surface area (Å²) in [5, 5.41) is 7.19. The lowest BCUT2D eigenvalue weighted by Gasteiger charge is -2.05. The molecule has 6 nitrogen and oxygen atoms in total. The van der Waals surface area contributed by atoms with E-state index in [1.165, 1.54) is 13.8 Å². The van der Waals surface area contributed by atoms with E-state index in [1.807, 2.05) is 0 Å². The third-order valence-corrected chi connectivity index (χ3v) is 3.17. The van der Waals surface area contributed by atoms with Gasteiger partial charge in [-0.2, -0.15) is 4.98 Å². The third kappa shape index (κ3) is 5.22. The third-order valence-electron chi connectivity index (χ3n) is 2.99. The van der Waals surface area contributed by atoms with E-state index in [2.05, 4.69) is 25.4 Å². The number of hydrogen-bond acceptors (Lipinski definition) is 6. The molecule has 22 heavy (non-hydrogen) atoms. The molecule has 120 valence electrons. The van der Waals surface area contributed by atoms with Gasteiger partial charge in [-0.05, 0) is 44.4 Å². The normalized spacial score (nSPS) is 11.6. The Kier molecular flexibility index (Phi) is 5.65. The number of anilines is 1. The molecule has 0 aliphatic carbocycles. The molecule has 8 heteroatoms. The van der Waals surface area contributed by atoms with Gasteiger partial charge in [0.05, 0.1) is 0 Å². The molecule has 0 unspecified atom stereocenters. The van der Waals surface area contributed by atoms with Crippen molar-refractivity contribution in [1.82, 2.24) is 20.1 Å². The number of nitrogens with zero attached hydrogens (tertiary/aromatic N) is 4. The zero-order valence-electron chi connectivity index (χ0n) is 12.6. The van der Waals surface area contributed by atoms with Gasteiger partial charge < -0.3 is 9.84 Å². The molecule has 1 N–H and O–H groups in total. The maximum Gasteiger partial charge on any atom is 0.263 e. The van der Waals surface area contributed by atoms with Gasteiger partial charge in [0.25, 0.3) is 5.89 Å². The molecule has 0 aromatic carbocycles. The van der Waals surface area contributed by atoms with Crippen LogP contribution >= 0.6 is 11.6 Å². The summed E-state index contributed by atoms with van der Waals surface area (Å²) in [5.41, 5.74) is -1.59. The number of nitrogens with one attached hydrogen (secondary N) is 1. The van der Waals surface area contributed by atoms with Crippen molar-refractivity contribution in [3.05, 3.63) is 29.3 Å². The molecule has 0 amide bonds. The Hall–Kier alpha value is -1.76. The molecule has 0 saturated heterocycles. The van der Waals surface area contributed by atoms with Crippen molar-refractivity contribution in [3.63, 3.8) is 0 Å². The number of aromatic nitrogens is 4. The molecule has 2 rings (SSSR count). The van der Waals surface area contributed by atoms with Crippen LogP contribution in [-0.4, -0.2) is 26.7 Å². The average Bonchev–Trinajstić information content (AvgIpc) is 2.91. The van der Waals surface area contributed by atoms with Gasteiger partial charge in [-0.3, -0.25) is 0 Å². The maximum atomic E-state index is 13.6. The lowest BCUT2D eigenvalue weighted by atomic mass is 10.1. The summed E-state index contributed by atoms with van der Waals surface area (Å²) in [5.74, 6) is 1.30. The van der Waals surface area contributed by atoms with Crippen molar-refractivity contribution in [1.29, 1.82) is 0 Å². The number of rotatable bonds is 8. The predicted molar refractivity (Wildman–Crippen MR) is 81.5 cm³/mol. The van der Waals surface area contributed by atoms with Gasteiger partial charge in [-0.1, -0.05) is 11.6 Å². The first-order valence-electron chi connectivity index (χ1n) is 7.19. The molecule has 0 aliphatic heterocycles. The second-order valence-electron chi connectivity index (χ2n) is 5.44. The van der Waals surface area contributed by atoms with E-state index in [4.69, 9.17) is 16.1 Å². The summed E-state index contributed by atoms with van der Waals surface area (Å²) in [7, 11) is 0. The van der Waals surface area contributed by atoms with Crippen LogP contribution in [0.3, 0.4) is 0 Å². The Morgan fingerprint density at radius 2 is 2.09 bits per heavy atom. The molecule has 2 heterocycles. The van der Waals surface area contributed by atoms with Crippen LogP contribution in [-0.2, 0) is 12.1 Å². The van der Waals surface area contributed by atoms with E-state index in [1.54, 1.807) is 12.3 Å². The van der Waals surface area contributed by atoms with E-state index in [0.717, 1.165) is 25.8 Å². The van der Waals surface area contributed by atoms with Crippen molar-refractivity contribution in [3.8, 4) is 0 Å². The summed E-state index contributed by atoms with van der Waals surface area (Å²) in [6, 6.07) is 1.77. The van der Waals surface area contributed by atoms with Crippen LogP contribution in [0, 0.1) is 0 Å². The molecule has 0 saturated carbocycles. The van der Waals surface area contributed by atoms with Crippen molar-refractivity contribution < 1.29 is 8.91 Å². The molecule has 0 atom stereocenters. The Labute approximate surface area is 133 Å². The van der Waals surface area contributed by atoms with Gasteiger partial charge in [0.15, 0.2) is 11.5 Å². The minimum Gasteiger partial charge on any atom is -0.370 e. The predicted octanol–water partition coefficient (Wildman–Crippen LogP) is 3.54. The molecule has 0 spiro atoms. The number of alkyl halides is 1. The Bertz CT molecular complexity index is 599. The van der Waals surface area contributed by atoms with Crippen molar-refractivity contribution >= 4 is 17.4 Å². The fraction of sp³-hybridized carbons (Fsp3) is 0.571. The van der Waals surface area contributed by atoms with Crippen LogP contribution < -0.4 is 5.32 Å². The lowest BCUT2D eigenvalue weighted by Crippen LogP contribution is -2.09. The minimum atomic E-state index is -1.59. The zero-order valence-corrected chi connectivity index (χ0v) is 13.4. The summed E-state index contributed by atoms with van der Waals surface area (Å²) in [6.07, 6.45) is 5.17. The molecule has 0 bridgehead atoms. The quantitative estimate of drug-likeness (QED) is 0.590. The largest absolute Gasteiger partial charge is 0.370 e. The SMILES string of the molecule is CC(C)(F)c1nc(CCCCCNc2ccnc(Cl)n2)no1. The first kappa shape index (κ1) is 16.6. The van der Waals surface area contributed by atoms with Gasteiger partial charge in [-0.25, -0.2) is 14.4 Å². The molecule has 0 radical (unpaired) electrons. The second-order valence-corrected chi connectivity index (χ2v) is 5.77. The van der Waals surface area contributed by atoms with Gasteiger partial charge in [0.1, 0.15) is 5.82 Å². The van der Waals surface area contributed by atoms with Crippen LogP contribution in [0.25, 0.3) is 0 Å². The van der Waals surface area contributed by atoms with Crippen LogP contribution in [0.2, 0.25) is 5.28 Å². The number of hydrogen-bond donors (Lipinski definition) is 1. The van der Waals surface area contributed by atoms with Crippen LogP contribution in [0.1, 0.15) is 44.8 Å². The van der Waals surface area contributed by atoms with E-state index >= 15 is 0 Å². The highest BCUT2D eigenvalue weighted by atomic mass is 35.5. The topological polar surface area (TPSA) is 76.7 Å². The van der Waals surface area contributed by atoms with E-state index in [9.17, 15) is 4.39 Å². The van der Waals surface area contributed by atoms with E-state index < -0.39 is 5.67 Å². The smallest absolute Gasteiger partial charge is 0.263 e. The highest BCUT2D eigenvalue weighted by Gasteiger charge is 2.26. The van der Waals surface area contributed by atoms with Crippen LogP contribution in [0.4, 0.5) is 10.2 Å². The molecule has 2 aromatic heterocycles. The second kappa shape index (κ2) is 7.49. The van der Waals surface area contributed by atoms with Crippen LogP contribution in [0.15, 0.2) is 16.8 Å². The van der Waals surface area contributed by atoms with Crippen LogP contribution in [0.5, 0.6) is 0 Å². The molecular formula is C14H19ClFN5O. The summed E-state index contributed by atoms with van der Waals surface area (Å²) in [6.45, 7) is 3.59. The Balaban J connectivity index is 1.62. The Morgan fingerprint density at radius 3 is 2.77 bits per heavy atom. The highest BCUT2D eigenvalue weighted by molar-refractivity contribution is 6.28. The monoisotopic (exact) mass is 327 g/mol. The van der Waals surface area contributed by atoms with Gasteiger partial charge in [-0.15, -0.1) is 0 Å². The fourth-order valence-electron chi connectivity index (χ4n) is 1.83. The molecular weight excluding hydrogens is 309 g/mol. The summed E-state index contributed by atoms with van der Waals surface area (Å²) < 4.78 is 18.5. The zero-order chi connectivity index (χ0) is 16.0. The average molecular weight is 328 g/mol. The highest BCUT2D eigenvalue weighted by Crippen LogP contribution is 2.22. The van der Waals surface area contributed by atoms with E-state index in [0.29, 0.717) is 18.1 Å². The minimum absolute atomic E-state index is 0.0322. The van der Waals surface area contributed by atoms with Crippen molar-refractivity contribution in [2.24, 2.45) is 0 Å². The standard InChI is InChI=1S/C14H19ClFN5O/c1-14(2,16)12-19-11(21-22-12)6-4-3-5-8-17-10-7-9-18-13(15)20-10/h7,9H,3-6,8H2,1-2H3,(H,17,18,20). The van der Waals surface area contributed by atoms with Gasteiger partial charge in [0, 0.05) is 19.2 Å². The van der Waals surface area contributed by atoms with Crippen molar-refractivity contribution in [2.75, 3.05) is 11.9 Å². The first-order chi connectivity index (χ1) is 10.4. The maximum absolute atomic E-state index is 13.6. The molecule has 2 aromatic rings. The molecule has 0 fully saturated rings. The lowest BCUT2D eigenvalue weighted by molar-refractivity contribution is 0.155. The number of unbranched alkanes of at least 4 members (excludes halogenated alkanes) is 2. The van der Waals surface area contributed by atoms with Crippen molar-refractivity contribution in [2.45, 2.75) is 45.2 Å². The van der Waals surface area contributed by atoms with Gasteiger partial charge >= 0.3 is 0 Å². The number of aryl methyl sites for hydroxylation is 1. The van der Waals surface area contributed by atoms with E-state index in [-0.39, 0.29) is 11.2 Å². The summed E-state index contributed by atoms with van der Waals surface area (Å²) in [4.78, 5) is 11.9. The fourth-order valence-corrected chi connectivity index (χ4v) is 1.98. The first-order valence-corrected chi connectivity index (χ1v) is 7.57. The summed E-state index contributed by atoms with van der Waals surface area (Å²) >= 11 is 5.70. The number of halogens is 2. The molecule has 0 aliphatic rings. The Morgan fingerprint density at radius 1 is 1.27 bits per heavy atom.